The molecule has 1 aromatic carbocycles. The summed E-state index contributed by atoms with van der Waals surface area (Å²) >= 11 is 0. The van der Waals surface area contributed by atoms with Crippen LogP contribution in [-0.2, 0) is 9.59 Å². The van der Waals surface area contributed by atoms with Gasteiger partial charge >= 0.3 is 0 Å². The van der Waals surface area contributed by atoms with Crippen LogP contribution in [0.3, 0.4) is 0 Å². The van der Waals surface area contributed by atoms with Crippen molar-refractivity contribution in [3.63, 3.8) is 0 Å². The van der Waals surface area contributed by atoms with E-state index in [9.17, 15) is 19.6 Å². The third kappa shape index (κ3) is 5.38. The van der Waals surface area contributed by atoms with E-state index in [-0.39, 0.29) is 24.2 Å². The fourth-order valence-electron chi connectivity index (χ4n) is 3.93. The third-order valence-corrected chi connectivity index (χ3v) is 5.57. The second-order valence-electron chi connectivity index (χ2n) is 8.47. The Morgan fingerprint density at radius 1 is 1.31 bits per heavy atom. The minimum atomic E-state index is -0.816. The van der Waals surface area contributed by atoms with Crippen molar-refractivity contribution in [2.24, 2.45) is 11.8 Å². The van der Waals surface area contributed by atoms with E-state index in [0.29, 0.717) is 36.3 Å². The number of hydrogen-bond donors (Lipinski definition) is 4. The average Bonchev–Trinajstić information content (AvgIpc) is 3.38. The summed E-state index contributed by atoms with van der Waals surface area (Å²) in [4.78, 5) is 40.7. The summed E-state index contributed by atoms with van der Waals surface area (Å²) in [6, 6.07) is 7.63. The number of nitrogens with one attached hydrogen (secondary N) is 4. The normalized spacial score (nSPS) is 17.5. The summed E-state index contributed by atoms with van der Waals surface area (Å²) in [5.74, 6) is -0.501. The van der Waals surface area contributed by atoms with Crippen LogP contribution in [-0.4, -0.2) is 48.4 Å². The number of aromatic amines is 1. The van der Waals surface area contributed by atoms with E-state index in [1.807, 2.05) is 26.0 Å². The number of ether oxygens (including phenoxy) is 1. The Hall–Kier alpha value is -3.54. The van der Waals surface area contributed by atoms with Crippen LogP contribution in [0, 0.1) is 23.2 Å². The molecule has 1 aliphatic rings. The van der Waals surface area contributed by atoms with Gasteiger partial charge in [-0.3, -0.25) is 14.4 Å². The lowest BCUT2D eigenvalue weighted by Crippen LogP contribution is -2.50. The molecule has 3 rings (SSSR count). The summed E-state index contributed by atoms with van der Waals surface area (Å²) < 4.78 is 5.32. The number of carbonyl (C=O) groups is 3. The zero-order valence-electron chi connectivity index (χ0n) is 18.5. The standard InChI is InChI=1S/C23H29N5O4/c1-13(2)9-17(22(30)26-16(12-24)10-15-7-8-25-21(15)29)28-23(31)18-11-14-5-4-6-19(32-3)20(14)27-18/h4-6,11,13,15-17,27H,7-10H2,1-3H3,(H,25,29)(H,26,30)(H,28,31)/t15-,16-,17-/m0/s1. The number of para-hydroxylation sites is 1. The van der Waals surface area contributed by atoms with E-state index in [4.69, 9.17) is 4.74 Å². The number of nitriles is 1. The van der Waals surface area contributed by atoms with Gasteiger partial charge < -0.3 is 25.7 Å². The molecule has 1 saturated heterocycles. The monoisotopic (exact) mass is 439 g/mol. The van der Waals surface area contributed by atoms with Crippen LogP contribution in [0.1, 0.15) is 43.6 Å². The molecule has 3 amide bonds. The third-order valence-electron chi connectivity index (χ3n) is 5.57. The van der Waals surface area contributed by atoms with Gasteiger partial charge in [0.25, 0.3) is 5.91 Å². The first-order valence-corrected chi connectivity index (χ1v) is 10.8. The maximum atomic E-state index is 12.9. The molecule has 170 valence electrons. The number of hydrogen-bond acceptors (Lipinski definition) is 5. The molecule has 0 aliphatic carbocycles. The highest BCUT2D eigenvalue weighted by Gasteiger charge is 2.30. The Balaban J connectivity index is 1.71. The van der Waals surface area contributed by atoms with E-state index in [0.717, 1.165) is 5.39 Å². The molecule has 1 fully saturated rings. The highest BCUT2D eigenvalue weighted by Crippen LogP contribution is 2.25. The smallest absolute Gasteiger partial charge is 0.268 e. The Morgan fingerprint density at radius 3 is 2.72 bits per heavy atom. The maximum Gasteiger partial charge on any atom is 0.268 e. The molecular formula is C23H29N5O4. The fraction of sp³-hybridized carbons (Fsp3) is 0.478. The van der Waals surface area contributed by atoms with Gasteiger partial charge in [-0.15, -0.1) is 0 Å². The molecule has 32 heavy (non-hydrogen) atoms. The van der Waals surface area contributed by atoms with Gasteiger partial charge in [-0.1, -0.05) is 26.0 Å². The molecule has 4 N–H and O–H groups in total. The van der Waals surface area contributed by atoms with Gasteiger partial charge in [0, 0.05) is 17.8 Å². The fourth-order valence-corrected chi connectivity index (χ4v) is 3.93. The van der Waals surface area contributed by atoms with Crippen LogP contribution < -0.4 is 20.7 Å². The second-order valence-corrected chi connectivity index (χ2v) is 8.47. The first-order valence-electron chi connectivity index (χ1n) is 10.8. The minimum Gasteiger partial charge on any atom is -0.495 e. The Bertz CT molecular complexity index is 1040. The van der Waals surface area contributed by atoms with Gasteiger partial charge in [0.1, 0.15) is 23.5 Å². The predicted molar refractivity (Wildman–Crippen MR) is 119 cm³/mol. The molecule has 0 spiro atoms. The van der Waals surface area contributed by atoms with E-state index in [1.165, 1.54) is 0 Å². The van der Waals surface area contributed by atoms with Gasteiger partial charge in [0.15, 0.2) is 0 Å². The Kier molecular flexibility index (Phi) is 7.36. The molecule has 0 radical (unpaired) electrons. The quantitative estimate of drug-likeness (QED) is 0.473. The number of H-pyrrole nitrogens is 1. The van der Waals surface area contributed by atoms with Gasteiger partial charge in [-0.25, -0.2) is 0 Å². The van der Waals surface area contributed by atoms with E-state index >= 15 is 0 Å². The molecule has 0 bridgehead atoms. The number of benzene rings is 1. The lowest BCUT2D eigenvalue weighted by Gasteiger charge is -2.22. The van der Waals surface area contributed by atoms with Crippen molar-refractivity contribution in [2.45, 2.75) is 45.2 Å². The summed E-state index contributed by atoms with van der Waals surface area (Å²) in [6.07, 6.45) is 1.30. The van der Waals surface area contributed by atoms with E-state index < -0.39 is 23.9 Å². The lowest BCUT2D eigenvalue weighted by molar-refractivity contribution is -0.125. The van der Waals surface area contributed by atoms with Crippen LogP contribution in [0.25, 0.3) is 10.9 Å². The Morgan fingerprint density at radius 2 is 2.09 bits per heavy atom. The first-order chi connectivity index (χ1) is 15.3. The van der Waals surface area contributed by atoms with Crippen molar-refractivity contribution < 1.29 is 19.1 Å². The number of methoxy groups -OCH3 is 1. The van der Waals surface area contributed by atoms with Gasteiger partial charge in [-0.2, -0.15) is 5.26 Å². The van der Waals surface area contributed by atoms with Gasteiger partial charge in [-0.05, 0) is 37.3 Å². The van der Waals surface area contributed by atoms with Crippen molar-refractivity contribution >= 4 is 28.6 Å². The van der Waals surface area contributed by atoms with Crippen molar-refractivity contribution in [1.82, 2.24) is 20.9 Å². The molecule has 1 aliphatic heterocycles. The number of nitrogens with zero attached hydrogens (tertiary/aromatic N) is 1. The van der Waals surface area contributed by atoms with Gasteiger partial charge in [0.2, 0.25) is 11.8 Å². The zero-order valence-corrected chi connectivity index (χ0v) is 18.5. The number of aromatic nitrogens is 1. The molecule has 2 heterocycles. The largest absolute Gasteiger partial charge is 0.495 e. The zero-order chi connectivity index (χ0) is 23.3. The highest BCUT2D eigenvalue weighted by molar-refractivity contribution is 6.01. The number of rotatable bonds is 9. The van der Waals surface area contributed by atoms with Crippen molar-refractivity contribution in [3.05, 3.63) is 30.0 Å². The van der Waals surface area contributed by atoms with Crippen LogP contribution in [0.2, 0.25) is 0 Å². The summed E-state index contributed by atoms with van der Waals surface area (Å²) in [5, 5.41) is 18.5. The van der Waals surface area contributed by atoms with Crippen molar-refractivity contribution in [3.8, 4) is 11.8 Å². The van der Waals surface area contributed by atoms with Crippen LogP contribution in [0.15, 0.2) is 24.3 Å². The molecular weight excluding hydrogens is 410 g/mol. The average molecular weight is 440 g/mol. The topological polar surface area (TPSA) is 136 Å². The molecule has 2 aromatic rings. The van der Waals surface area contributed by atoms with E-state index in [1.54, 1.807) is 19.2 Å². The summed E-state index contributed by atoms with van der Waals surface area (Å²) in [6.45, 7) is 4.48. The minimum absolute atomic E-state index is 0.0965. The molecule has 3 atom stereocenters. The highest BCUT2D eigenvalue weighted by atomic mass is 16.5. The predicted octanol–water partition coefficient (Wildman–Crippen LogP) is 1.86. The molecule has 1 aromatic heterocycles. The van der Waals surface area contributed by atoms with E-state index in [2.05, 4.69) is 27.0 Å². The van der Waals surface area contributed by atoms with Crippen LogP contribution in [0.4, 0.5) is 0 Å². The van der Waals surface area contributed by atoms with Crippen molar-refractivity contribution in [2.75, 3.05) is 13.7 Å². The molecule has 0 saturated carbocycles. The number of fused-ring (bicyclic) bond motifs is 1. The molecule has 0 unspecified atom stereocenters. The summed E-state index contributed by atoms with van der Waals surface area (Å²) in [5.41, 5.74) is 1.01. The first kappa shape index (κ1) is 23.1. The Labute approximate surface area is 186 Å². The lowest BCUT2D eigenvalue weighted by atomic mass is 9.98. The van der Waals surface area contributed by atoms with Gasteiger partial charge in [0.05, 0.1) is 18.7 Å². The second kappa shape index (κ2) is 10.2. The maximum absolute atomic E-state index is 12.9. The van der Waals surface area contributed by atoms with Crippen LogP contribution in [0.5, 0.6) is 5.75 Å². The van der Waals surface area contributed by atoms with Crippen molar-refractivity contribution in [1.29, 1.82) is 5.26 Å². The van der Waals surface area contributed by atoms with Crippen LogP contribution >= 0.6 is 0 Å². The number of amides is 3. The molecule has 9 nitrogen and oxygen atoms in total. The number of carbonyl (C=O) groups excluding carboxylic acids is 3. The summed E-state index contributed by atoms with van der Waals surface area (Å²) in [7, 11) is 1.55. The molecule has 9 heteroatoms. The SMILES string of the molecule is COc1cccc2cc(C(=O)N[C@@H](CC(C)C)C(=O)N[C@H](C#N)C[C@@H]3CCNC3=O)[nH]c12.